The van der Waals surface area contributed by atoms with Crippen LogP contribution in [0.5, 0.6) is 0 Å². The van der Waals surface area contributed by atoms with E-state index >= 15 is 0 Å². The molecule has 0 aliphatic carbocycles. The first-order valence-corrected chi connectivity index (χ1v) is 6.64. The number of fused-ring (bicyclic) bond motifs is 1. The molecule has 0 atom stereocenters. The van der Waals surface area contributed by atoms with Crippen LogP contribution in [-0.4, -0.2) is 21.6 Å². The topological polar surface area (TPSA) is 59.8 Å². The smallest absolute Gasteiger partial charge is 0.372 e. The Kier molecular flexibility index (Phi) is 3.51. The van der Waals surface area contributed by atoms with Crippen LogP contribution in [-0.2, 0) is 6.18 Å². The van der Waals surface area contributed by atoms with Crippen LogP contribution >= 0.6 is 0 Å². The highest BCUT2D eigenvalue weighted by Gasteiger charge is 2.31. The lowest BCUT2D eigenvalue weighted by Gasteiger charge is -2.14. The zero-order valence-corrected chi connectivity index (χ0v) is 11.9. The van der Waals surface area contributed by atoms with Gasteiger partial charge in [-0.15, -0.1) is 0 Å². The fourth-order valence-corrected chi connectivity index (χ4v) is 2.33. The van der Waals surface area contributed by atoms with E-state index in [2.05, 4.69) is 15.3 Å². The molecule has 0 amide bonds. The zero-order valence-electron chi connectivity index (χ0n) is 11.9. The van der Waals surface area contributed by atoms with Gasteiger partial charge in [0.15, 0.2) is 0 Å². The van der Waals surface area contributed by atoms with Crippen molar-refractivity contribution in [3.63, 3.8) is 0 Å². The summed E-state index contributed by atoms with van der Waals surface area (Å²) in [5.41, 5.74) is -1.07. The molecular formula is C15H11F3N4O. The summed E-state index contributed by atoms with van der Waals surface area (Å²) in [6.45, 7) is 0. The maximum Gasteiger partial charge on any atom is 0.416 e. The van der Waals surface area contributed by atoms with Crippen LogP contribution in [0.15, 0.2) is 47.5 Å². The number of rotatable bonds is 2. The van der Waals surface area contributed by atoms with Gasteiger partial charge in [0.25, 0.3) is 0 Å². The fraction of sp³-hybridized carbons (Fsp3) is 0.133. The minimum atomic E-state index is -4.51. The third kappa shape index (κ3) is 2.63. The normalized spacial score (nSPS) is 11.7. The van der Waals surface area contributed by atoms with Crippen LogP contribution in [0, 0.1) is 0 Å². The lowest BCUT2D eigenvalue weighted by Crippen LogP contribution is -2.23. The standard InChI is InChI=1S/C15H11F3N4O/c1-19-13-11-5-4-9(15(16,17)18)7-12(11)22(14(23)21-13)10-3-2-6-20-8-10/h2-8H,1H3,(H,19,21,23). The van der Waals surface area contributed by atoms with Gasteiger partial charge < -0.3 is 5.32 Å². The van der Waals surface area contributed by atoms with E-state index in [1.807, 2.05) is 0 Å². The van der Waals surface area contributed by atoms with Gasteiger partial charge in [-0.05, 0) is 30.3 Å². The van der Waals surface area contributed by atoms with Gasteiger partial charge in [0, 0.05) is 18.6 Å². The molecule has 0 aliphatic heterocycles. The Hall–Kier alpha value is -2.90. The Balaban J connectivity index is 2.43. The van der Waals surface area contributed by atoms with Crippen molar-refractivity contribution in [3.8, 4) is 5.69 Å². The number of hydrogen-bond acceptors (Lipinski definition) is 4. The van der Waals surface area contributed by atoms with Crippen LogP contribution in [0.4, 0.5) is 19.0 Å². The molecule has 0 bridgehead atoms. The van der Waals surface area contributed by atoms with Gasteiger partial charge >= 0.3 is 11.9 Å². The highest BCUT2D eigenvalue weighted by atomic mass is 19.4. The molecule has 1 aromatic carbocycles. The van der Waals surface area contributed by atoms with Crippen molar-refractivity contribution in [1.29, 1.82) is 0 Å². The number of halogens is 3. The van der Waals surface area contributed by atoms with Crippen LogP contribution < -0.4 is 11.0 Å². The minimum Gasteiger partial charge on any atom is -0.372 e. The number of pyridine rings is 1. The van der Waals surface area contributed by atoms with Crippen molar-refractivity contribution < 1.29 is 13.2 Å². The molecule has 0 aliphatic rings. The van der Waals surface area contributed by atoms with Crippen molar-refractivity contribution in [2.45, 2.75) is 6.18 Å². The molecule has 118 valence electrons. The van der Waals surface area contributed by atoms with Gasteiger partial charge in [-0.1, -0.05) is 0 Å². The van der Waals surface area contributed by atoms with Crippen molar-refractivity contribution in [3.05, 3.63) is 58.8 Å². The van der Waals surface area contributed by atoms with Crippen molar-refractivity contribution in [1.82, 2.24) is 14.5 Å². The lowest BCUT2D eigenvalue weighted by atomic mass is 10.1. The Bertz CT molecular complexity index is 920. The summed E-state index contributed by atoms with van der Waals surface area (Å²) in [6.07, 6.45) is -1.61. The number of nitrogens with zero attached hydrogens (tertiary/aromatic N) is 3. The van der Waals surface area contributed by atoms with Gasteiger partial charge in [-0.2, -0.15) is 18.2 Å². The summed E-state index contributed by atoms with van der Waals surface area (Å²) in [6, 6.07) is 6.36. The van der Waals surface area contributed by atoms with E-state index in [1.54, 1.807) is 19.2 Å². The molecule has 23 heavy (non-hydrogen) atoms. The average molecular weight is 320 g/mol. The molecule has 5 nitrogen and oxygen atoms in total. The van der Waals surface area contributed by atoms with Crippen LogP contribution in [0.25, 0.3) is 16.6 Å². The number of aromatic nitrogens is 3. The van der Waals surface area contributed by atoms with Gasteiger partial charge in [0.2, 0.25) is 0 Å². The summed E-state index contributed by atoms with van der Waals surface area (Å²) in [4.78, 5) is 20.0. The fourth-order valence-electron chi connectivity index (χ4n) is 2.33. The third-order valence-corrected chi connectivity index (χ3v) is 3.36. The molecule has 0 saturated heterocycles. The molecule has 3 aromatic rings. The second-order valence-corrected chi connectivity index (χ2v) is 4.77. The molecular weight excluding hydrogens is 309 g/mol. The predicted octanol–water partition coefficient (Wildman–Crippen LogP) is 2.84. The Morgan fingerprint density at radius 2 is 2.00 bits per heavy atom. The molecule has 0 saturated carbocycles. The summed E-state index contributed by atoms with van der Waals surface area (Å²) >= 11 is 0. The molecule has 8 heteroatoms. The van der Waals surface area contributed by atoms with E-state index < -0.39 is 17.4 Å². The van der Waals surface area contributed by atoms with Gasteiger partial charge in [-0.3, -0.25) is 9.55 Å². The van der Waals surface area contributed by atoms with E-state index in [0.717, 1.165) is 16.7 Å². The summed E-state index contributed by atoms with van der Waals surface area (Å²) in [7, 11) is 1.55. The highest BCUT2D eigenvalue weighted by Crippen LogP contribution is 2.32. The molecule has 0 spiro atoms. The summed E-state index contributed by atoms with van der Waals surface area (Å²) in [5, 5.41) is 3.13. The minimum absolute atomic E-state index is 0.108. The van der Waals surface area contributed by atoms with Crippen molar-refractivity contribution in [2.75, 3.05) is 12.4 Å². The van der Waals surface area contributed by atoms with Crippen molar-refractivity contribution in [2.24, 2.45) is 0 Å². The average Bonchev–Trinajstić information content (AvgIpc) is 2.53. The van der Waals surface area contributed by atoms with E-state index in [0.29, 0.717) is 11.1 Å². The van der Waals surface area contributed by atoms with Gasteiger partial charge in [0.05, 0.1) is 23.0 Å². The number of hydrogen-bond donors (Lipinski definition) is 1. The summed E-state index contributed by atoms with van der Waals surface area (Å²) in [5.74, 6) is 0.221. The maximum atomic E-state index is 13.0. The Labute approximate surface area is 128 Å². The monoisotopic (exact) mass is 320 g/mol. The first-order chi connectivity index (χ1) is 10.9. The van der Waals surface area contributed by atoms with Gasteiger partial charge in [0.1, 0.15) is 5.82 Å². The van der Waals surface area contributed by atoms with E-state index in [1.165, 1.54) is 18.5 Å². The SMILES string of the molecule is CNc1nc(=O)n(-c2cccnc2)c2cc(C(F)(F)F)ccc12. The molecule has 3 rings (SSSR count). The van der Waals surface area contributed by atoms with Gasteiger partial charge in [-0.25, -0.2) is 4.79 Å². The molecule has 0 unspecified atom stereocenters. The number of alkyl halides is 3. The highest BCUT2D eigenvalue weighted by molar-refractivity contribution is 5.90. The first kappa shape index (κ1) is 15.0. The maximum absolute atomic E-state index is 13.0. The first-order valence-electron chi connectivity index (χ1n) is 6.64. The third-order valence-electron chi connectivity index (χ3n) is 3.36. The van der Waals surface area contributed by atoms with Crippen LogP contribution in [0.1, 0.15) is 5.56 Å². The number of anilines is 1. The molecule has 0 radical (unpaired) electrons. The number of benzene rings is 1. The van der Waals surface area contributed by atoms with E-state index in [-0.39, 0.29) is 11.3 Å². The second-order valence-electron chi connectivity index (χ2n) is 4.77. The van der Waals surface area contributed by atoms with Crippen LogP contribution in [0.2, 0.25) is 0 Å². The molecule has 2 heterocycles. The summed E-state index contributed by atoms with van der Waals surface area (Å²) < 4.78 is 40.1. The van der Waals surface area contributed by atoms with E-state index in [9.17, 15) is 18.0 Å². The second kappa shape index (κ2) is 5.38. The largest absolute Gasteiger partial charge is 0.416 e. The number of nitrogens with one attached hydrogen (secondary N) is 1. The molecule has 0 fully saturated rings. The van der Waals surface area contributed by atoms with Crippen molar-refractivity contribution >= 4 is 16.7 Å². The van der Waals surface area contributed by atoms with Crippen LogP contribution in [0.3, 0.4) is 0 Å². The van der Waals surface area contributed by atoms with E-state index in [4.69, 9.17) is 0 Å². The quantitative estimate of drug-likeness (QED) is 0.789. The Morgan fingerprint density at radius 1 is 1.22 bits per heavy atom. The zero-order chi connectivity index (χ0) is 16.6. The lowest BCUT2D eigenvalue weighted by molar-refractivity contribution is -0.137. The molecule has 2 aromatic heterocycles. The Morgan fingerprint density at radius 3 is 2.61 bits per heavy atom. The predicted molar refractivity (Wildman–Crippen MR) is 79.7 cm³/mol. The molecule has 1 N–H and O–H groups in total.